The van der Waals surface area contributed by atoms with Crippen LogP contribution in [0.1, 0.15) is 0 Å². The molecule has 0 aliphatic carbocycles. The van der Waals surface area contributed by atoms with Gasteiger partial charge >= 0.3 is 45.6 Å². The van der Waals surface area contributed by atoms with Gasteiger partial charge in [0.25, 0.3) is 0 Å². The first-order valence-corrected chi connectivity index (χ1v) is 0. The molecule has 0 saturated carbocycles. The molecule has 0 N–H and O–H groups in total. The summed E-state index contributed by atoms with van der Waals surface area (Å²) in [6, 6.07) is 0. The third-order valence-corrected chi connectivity index (χ3v) is 0. The first-order chi connectivity index (χ1) is 0. The number of hydrogen-bond donors (Lipinski definition) is 0. The van der Waals surface area contributed by atoms with Crippen molar-refractivity contribution in [2.24, 2.45) is 0 Å². The third-order valence-electron chi connectivity index (χ3n) is 0. The molecule has 4 heteroatoms. The van der Waals surface area contributed by atoms with Gasteiger partial charge in [-0.1, -0.05) is 0 Å². The van der Waals surface area contributed by atoms with Crippen LogP contribution in [0.25, 0.3) is 0 Å². The molecular formula is H6AgGaInZn. The van der Waals surface area contributed by atoms with E-state index in [-0.39, 0.29) is 87.5 Å². The average Bonchev–Trinajstić information content (AvgIpc) is 0. The average molecular weight is 364 g/mol. The van der Waals surface area contributed by atoms with Crippen molar-refractivity contribution in [2.75, 3.05) is 0 Å². The van der Waals surface area contributed by atoms with E-state index in [0.717, 1.165) is 0 Å². The minimum atomic E-state index is 0. The van der Waals surface area contributed by atoms with Crippen LogP contribution in [-0.4, -0.2) is 45.6 Å². The Morgan fingerprint density at radius 3 is 1.00 bits per heavy atom. The molecular weight excluding hydrogens is 358 g/mol. The standard InChI is InChI=1S/Ag.Ga.In.Zn.6H. The van der Waals surface area contributed by atoms with Gasteiger partial charge in [0, 0.05) is 41.9 Å². The second kappa shape index (κ2) is 16.9. The van der Waals surface area contributed by atoms with E-state index < -0.39 is 0 Å². The molecule has 0 atom stereocenters. The number of rotatable bonds is 0. The van der Waals surface area contributed by atoms with Gasteiger partial charge in [-0.2, -0.15) is 0 Å². The van der Waals surface area contributed by atoms with Crippen molar-refractivity contribution in [3.8, 4) is 0 Å². The van der Waals surface area contributed by atoms with Crippen LogP contribution in [-0.2, 0) is 41.9 Å². The van der Waals surface area contributed by atoms with E-state index in [9.17, 15) is 0 Å². The van der Waals surface area contributed by atoms with Crippen LogP contribution in [0, 0.1) is 0 Å². The van der Waals surface area contributed by atoms with Gasteiger partial charge in [0.2, 0.25) is 0 Å². The molecule has 0 aromatic carbocycles. The molecule has 0 rings (SSSR count). The molecule has 0 spiro atoms. The summed E-state index contributed by atoms with van der Waals surface area (Å²) in [6.07, 6.45) is 0. The van der Waals surface area contributed by atoms with Crippen molar-refractivity contribution >= 4 is 45.6 Å². The van der Waals surface area contributed by atoms with Crippen LogP contribution in [0.15, 0.2) is 0 Å². The smallest absolute Gasteiger partial charge is 0 e. The van der Waals surface area contributed by atoms with Crippen molar-refractivity contribution in [1.82, 2.24) is 0 Å². The first-order valence-electron chi connectivity index (χ1n) is 0. The maximum absolute atomic E-state index is 0. The Morgan fingerprint density at radius 1 is 1.00 bits per heavy atom. The molecule has 1 radical (unpaired) electrons. The minimum absolute atomic E-state index is 0. The van der Waals surface area contributed by atoms with Crippen molar-refractivity contribution in [3.63, 3.8) is 0 Å². The summed E-state index contributed by atoms with van der Waals surface area (Å²) >= 11 is 0. The Morgan fingerprint density at radius 2 is 1.00 bits per heavy atom. The van der Waals surface area contributed by atoms with Crippen molar-refractivity contribution < 1.29 is 41.9 Å². The maximum Gasteiger partial charge on any atom is 0 e. The Bertz CT molecular complexity index is 8.00. The van der Waals surface area contributed by atoms with Crippen LogP contribution in [0.3, 0.4) is 0 Å². The third kappa shape index (κ3) is 8.85. The van der Waals surface area contributed by atoms with Gasteiger partial charge in [0.15, 0.2) is 0 Å². The minimum Gasteiger partial charge on any atom is 0 e. The SMILES string of the molecule is [Ag].[GaH3].[InH3].[Zn]. The molecule has 0 saturated heterocycles. The summed E-state index contributed by atoms with van der Waals surface area (Å²) in [7, 11) is 0. The molecule has 0 heterocycles. The molecule has 0 unspecified atom stereocenters. The molecule has 0 fully saturated rings. The zero-order valence-corrected chi connectivity index (χ0v) is 5.46. The molecule has 0 nitrogen and oxygen atoms in total. The van der Waals surface area contributed by atoms with E-state index >= 15 is 0 Å². The van der Waals surface area contributed by atoms with E-state index in [1.165, 1.54) is 0 Å². The summed E-state index contributed by atoms with van der Waals surface area (Å²) in [5, 5.41) is 0. The van der Waals surface area contributed by atoms with E-state index in [0.29, 0.717) is 0 Å². The fourth-order valence-electron chi connectivity index (χ4n) is 0. The summed E-state index contributed by atoms with van der Waals surface area (Å²) in [4.78, 5) is 0. The fourth-order valence-corrected chi connectivity index (χ4v) is 0. The second-order valence-electron chi connectivity index (χ2n) is 0. The predicted octanol–water partition coefficient (Wildman–Crippen LogP) is -2.37. The van der Waals surface area contributed by atoms with E-state index in [1.54, 1.807) is 0 Å². The van der Waals surface area contributed by atoms with Crippen LogP contribution in [0.5, 0.6) is 0 Å². The van der Waals surface area contributed by atoms with Crippen molar-refractivity contribution in [2.45, 2.75) is 0 Å². The Hall–Kier alpha value is 2.87. The molecule has 0 bridgehead atoms. The van der Waals surface area contributed by atoms with Gasteiger partial charge in [0.1, 0.15) is 0 Å². The summed E-state index contributed by atoms with van der Waals surface area (Å²) in [6.45, 7) is 0. The number of hydrogen-bond acceptors (Lipinski definition) is 0. The van der Waals surface area contributed by atoms with Crippen LogP contribution in [0.2, 0.25) is 0 Å². The van der Waals surface area contributed by atoms with Gasteiger partial charge in [-0.05, 0) is 0 Å². The molecule has 0 aliphatic rings. The van der Waals surface area contributed by atoms with Crippen molar-refractivity contribution in [1.29, 1.82) is 0 Å². The zero-order chi connectivity index (χ0) is 0. The summed E-state index contributed by atoms with van der Waals surface area (Å²) in [5.74, 6) is 0. The monoisotopic (exact) mass is 361 g/mol. The quantitative estimate of drug-likeness (QED) is 0.422. The van der Waals surface area contributed by atoms with Crippen LogP contribution in [0.4, 0.5) is 0 Å². The zero-order valence-electron chi connectivity index (χ0n) is 1.01. The van der Waals surface area contributed by atoms with Gasteiger partial charge in [-0.3, -0.25) is 0 Å². The van der Waals surface area contributed by atoms with Gasteiger partial charge in [0.05, 0.1) is 0 Å². The van der Waals surface area contributed by atoms with Crippen LogP contribution < -0.4 is 0 Å². The Labute approximate surface area is 86.0 Å². The van der Waals surface area contributed by atoms with E-state index in [2.05, 4.69) is 0 Å². The van der Waals surface area contributed by atoms with Gasteiger partial charge in [-0.15, -0.1) is 0 Å². The summed E-state index contributed by atoms with van der Waals surface area (Å²) < 4.78 is 0. The molecule has 0 aromatic rings. The van der Waals surface area contributed by atoms with Gasteiger partial charge in [-0.25, -0.2) is 0 Å². The molecule has 0 amide bonds. The maximum atomic E-state index is 0. The molecule has 0 aromatic heterocycles. The Balaban J connectivity index is 0. The van der Waals surface area contributed by atoms with Gasteiger partial charge < -0.3 is 0 Å². The van der Waals surface area contributed by atoms with Crippen molar-refractivity contribution in [3.05, 3.63) is 0 Å². The predicted molar refractivity (Wildman–Crippen MR) is 19.9 cm³/mol. The Kier molecular flexibility index (Phi) is 121. The molecule has 0 aliphatic heterocycles. The topological polar surface area (TPSA) is 0 Å². The second-order valence-corrected chi connectivity index (χ2v) is 0. The summed E-state index contributed by atoms with van der Waals surface area (Å²) in [5.41, 5.74) is 0. The van der Waals surface area contributed by atoms with E-state index in [1.807, 2.05) is 0 Å². The molecule has 4 heavy (non-hydrogen) atoms. The molecule has 25 valence electrons. The largest absolute Gasteiger partial charge is 0 e. The van der Waals surface area contributed by atoms with E-state index in [4.69, 9.17) is 0 Å². The van der Waals surface area contributed by atoms with Crippen LogP contribution >= 0.6 is 0 Å². The normalized spacial score (nSPS) is 0. The fraction of sp³-hybridized carbons (Fsp3) is 0. The first kappa shape index (κ1) is 28.7.